The zero-order chi connectivity index (χ0) is 15.4. The summed E-state index contributed by atoms with van der Waals surface area (Å²) in [6.07, 6.45) is 3.20. The zero-order valence-corrected chi connectivity index (χ0v) is 12.9. The van der Waals surface area contributed by atoms with Gasteiger partial charge in [0.25, 0.3) is 0 Å². The van der Waals surface area contributed by atoms with E-state index < -0.39 is 5.97 Å². The van der Waals surface area contributed by atoms with Crippen LogP contribution in [0.25, 0.3) is 0 Å². The van der Waals surface area contributed by atoms with Crippen LogP contribution >= 0.6 is 11.6 Å². The Balaban J connectivity index is 2.15. The van der Waals surface area contributed by atoms with Crippen molar-refractivity contribution in [3.05, 3.63) is 17.2 Å². The van der Waals surface area contributed by atoms with Crippen molar-refractivity contribution in [2.75, 3.05) is 19.5 Å². The molecule has 0 saturated heterocycles. The van der Waals surface area contributed by atoms with Gasteiger partial charge in [-0.05, 0) is 25.3 Å². The van der Waals surface area contributed by atoms with Gasteiger partial charge in [0.05, 0.1) is 30.8 Å². The maximum atomic E-state index is 11.1. The lowest BCUT2D eigenvalue weighted by atomic mass is 9.85. The van der Waals surface area contributed by atoms with E-state index in [-0.39, 0.29) is 12.0 Å². The second-order valence-corrected chi connectivity index (χ2v) is 5.64. The fourth-order valence-electron chi connectivity index (χ4n) is 2.74. The van der Waals surface area contributed by atoms with E-state index in [0.717, 1.165) is 24.9 Å². The summed E-state index contributed by atoms with van der Waals surface area (Å²) < 4.78 is 10.5. The van der Waals surface area contributed by atoms with Gasteiger partial charge in [-0.25, -0.2) is 0 Å². The first kappa shape index (κ1) is 15.8. The smallest absolute Gasteiger partial charge is 0.306 e. The second-order valence-electron chi connectivity index (χ2n) is 5.23. The van der Waals surface area contributed by atoms with Crippen LogP contribution in [0.2, 0.25) is 5.02 Å². The average Bonchev–Trinajstić information content (AvgIpc) is 2.48. The number of anilines is 1. The molecule has 2 unspecified atom stereocenters. The summed E-state index contributed by atoms with van der Waals surface area (Å²) in [5.74, 6) is 0.178. The topological polar surface area (TPSA) is 67.8 Å². The number of rotatable bonds is 5. The number of hydrogen-bond donors (Lipinski definition) is 2. The highest BCUT2D eigenvalue weighted by Gasteiger charge is 2.27. The Labute approximate surface area is 129 Å². The molecular weight excluding hydrogens is 294 g/mol. The maximum absolute atomic E-state index is 11.1. The van der Waals surface area contributed by atoms with Gasteiger partial charge in [0.2, 0.25) is 0 Å². The highest BCUT2D eigenvalue weighted by Crippen LogP contribution is 2.37. The van der Waals surface area contributed by atoms with Crippen LogP contribution in [0.4, 0.5) is 5.69 Å². The number of carboxylic acids is 1. The van der Waals surface area contributed by atoms with Crippen molar-refractivity contribution in [3.8, 4) is 11.5 Å². The highest BCUT2D eigenvalue weighted by atomic mass is 35.5. The Kier molecular flexibility index (Phi) is 5.17. The third kappa shape index (κ3) is 3.73. The summed E-state index contributed by atoms with van der Waals surface area (Å²) in [6.45, 7) is 0. The molecule has 1 saturated carbocycles. The van der Waals surface area contributed by atoms with Crippen molar-refractivity contribution in [1.82, 2.24) is 0 Å². The molecule has 21 heavy (non-hydrogen) atoms. The summed E-state index contributed by atoms with van der Waals surface area (Å²) in [4.78, 5) is 11.1. The first-order valence-corrected chi connectivity index (χ1v) is 7.33. The minimum Gasteiger partial charge on any atom is -0.495 e. The van der Waals surface area contributed by atoms with Gasteiger partial charge in [-0.15, -0.1) is 0 Å². The number of methoxy groups -OCH3 is 2. The standard InChI is InChI=1S/C15H20ClNO4/c1-20-13-8-14(21-2)12(7-11(13)16)17-10-5-3-4-9(6-10)15(18)19/h7-10,17H,3-6H2,1-2H3,(H,18,19). The molecule has 1 aromatic rings. The number of benzene rings is 1. The molecule has 1 aliphatic carbocycles. The predicted molar refractivity (Wildman–Crippen MR) is 81.6 cm³/mol. The molecule has 1 fully saturated rings. The van der Waals surface area contributed by atoms with Gasteiger partial charge in [0, 0.05) is 12.1 Å². The Morgan fingerprint density at radius 1 is 1.29 bits per heavy atom. The molecule has 2 rings (SSSR count). The van der Waals surface area contributed by atoms with Crippen LogP contribution in [-0.4, -0.2) is 31.3 Å². The fourth-order valence-corrected chi connectivity index (χ4v) is 2.98. The highest BCUT2D eigenvalue weighted by molar-refractivity contribution is 6.32. The molecular formula is C15H20ClNO4. The monoisotopic (exact) mass is 313 g/mol. The zero-order valence-electron chi connectivity index (χ0n) is 12.2. The summed E-state index contributed by atoms with van der Waals surface area (Å²) >= 11 is 6.14. The molecule has 0 radical (unpaired) electrons. The van der Waals surface area contributed by atoms with Gasteiger partial charge in [-0.1, -0.05) is 18.0 Å². The lowest BCUT2D eigenvalue weighted by molar-refractivity contribution is -0.142. The minimum atomic E-state index is -0.721. The first-order chi connectivity index (χ1) is 10.0. The van der Waals surface area contributed by atoms with Crippen molar-refractivity contribution in [2.24, 2.45) is 5.92 Å². The third-order valence-corrected chi connectivity index (χ3v) is 4.15. The van der Waals surface area contributed by atoms with Gasteiger partial charge in [0.1, 0.15) is 11.5 Å². The van der Waals surface area contributed by atoms with Crippen molar-refractivity contribution in [2.45, 2.75) is 31.7 Å². The van der Waals surface area contributed by atoms with Crippen molar-refractivity contribution in [3.63, 3.8) is 0 Å². The lowest BCUT2D eigenvalue weighted by Gasteiger charge is -2.29. The Morgan fingerprint density at radius 3 is 2.62 bits per heavy atom. The van der Waals surface area contributed by atoms with Crippen molar-refractivity contribution < 1.29 is 19.4 Å². The van der Waals surface area contributed by atoms with Crippen LogP contribution < -0.4 is 14.8 Å². The van der Waals surface area contributed by atoms with E-state index in [4.69, 9.17) is 26.2 Å². The van der Waals surface area contributed by atoms with Crippen LogP contribution in [0.1, 0.15) is 25.7 Å². The van der Waals surface area contributed by atoms with Gasteiger partial charge in [-0.3, -0.25) is 4.79 Å². The van der Waals surface area contributed by atoms with Crippen LogP contribution in [-0.2, 0) is 4.79 Å². The van der Waals surface area contributed by atoms with E-state index in [1.807, 2.05) is 0 Å². The molecule has 5 nitrogen and oxygen atoms in total. The van der Waals surface area contributed by atoms with Crippen LogP contribution in [0.15, 0.2) is 12.1 Å². The van der Waals surface area contributed by atoms with Crippen LogP contribution in [0, 0.1) is 5.92 Å². The van der Waals surface area contributed by atoms with E-state index in [0.29, 0.717) is 22.9 Å². The Hall–Kier alpha value is -1.62. The number of aliphatic carboxylic acids is 1. The molecule has 0 bridgehead atoms. The molecule has 0 amide bonds. The van der Waals surface area contributed by atoms with Crippen LogP contribution in [0.5, 0.6) is 11.5 Å². The summed E-state index contributed by atoms with van der Waals surface area (Å²) in [5.41, 5.74) is 0.763. The van der Waals surface area contributed by atoms with E-state index in [1.54, 1.807) is 26.4 Å². The molecule has 1 aliphatic rings. The molecule has 116 valence electrons. The SMILES string of the molecule is COc1cc(OC)c(NC2CCCC(C(=O)O)C2)cc1Cl. The quantitative estimate of drug-likeness (QED) is 0.872. The van der Waals surface area contributed by atoms with Gasteiger partial charge in [0.15, 0.2) is 0 Å². The molecule has 2 atom stereocenters. The molecule has 2 N–H and O–H groups in total. The van der Waals surface area contributed by atoms with Gasteiger partial charge in [-0.2, -0.15) is 0 Å². The second kappa shape index (κ2) is 6.89. The Morgan fingerprint density at radius 2 is 2.00 bits per heavy atom. The molecule has 6 heteroatoms. The van der Waals surface area contributed by atoms with E-state index in [2.05, 4.69) is 5.32 Å². The largest absolute Gasteiger partial charge is 0.495 e. The number of hydrogen-bond acceptors (Lipinski definition) is 4. The third-order valence-electron chi connectivity index (χ3n) is 3.86. The molecule has 0 aliphatic heterocycles. The van der Waals surface area contributed by atoms with E-state index in [9.17, 15) is 4.79 Å². The number of halogens is 1. The molecule has 0 aromatic heterocycles. The summed E-state index contributed by atoms with van der Waals surface area (Å²) in [7, 11) is 3.13. The number of carboxylic acid groups (broad SMARTS) is 1. The first-order valence-electron chi connectivity index (χ1n) is 6.96. The lowest BCUT2D eigenvalue weighted by Crippen LogP contribution is -2.31. The summed E-state index contributed by atoms with van der Waals surface area (Å²) in [5, 5.41) is 13.0. The molecule has 1 aromatic carbocycles. The van der Waals surface area contributed by atoms with Gasteiger partial charge >= 0.3 is 5.97 Å². The van der Waals surface area contributed by atoms with E-state index >= 15 is 0 Å². The predicted octanol–water partition coefficient (Wildman–Crippen LogP) is 3.41. The Bertz CT molecular complexity index is 521. The van der Waals surface area contributed by atoms with Gasteiger partial charge < -0.3 is 19.9 Å². The fraction of sp³-hybridized carbons (Fsp3) is 0.533. The maximum Gasteiger partial charge on any atom is 0.306 e. The minimum absolute atomic E-state index is 0.109. The van der Waals surface area contributed by atoms with Crippen LogP contribution in [0.3, 0.4) is 0 Å². The number of nitrogens with one attached hydrogen (secondary N) is 1. The summed E-state index contributed by atoms with van der Waals surface area (Å²) in [6, 6.07) is 3.59. The number of ether oxygens (including phenoxy) is 2. The van der Waals surface area contributed by atoms with Crippen molar-refractivity contribution in [1.29, 1.82) is 0 Å². The molecule has 0 heterocycles. The van der Waals surface area contributed by atoms with E-state index in [1.165, 1.54) is 0 Å². The average molecular weight is 314 g/mol. The molecule has 0 spiro atoms. The number of carbonyl (C=O) groups is 1. The normalized spacial score (nSPS) is 21.7. The van der Waals surface area contributed by atoms with Crippen molar-refractivity contribution >= 4 is 23.3 Å².